The molecule has 0 bridgehead atoms. The first-order valence-corrected chi connectivity index (χ1v) is 15.2. The van der Waals surface area contributed by atoms with Gasteiger partial charge in [0.25, 0.3) is 5.56 Å². The summed E-state index contributed by atoms with van der Waals surface area (Å²) in [5.41, 5.74) is 5.14. The fourth-order valence-electron chi connectivity index (χ4n) is 4.69. The second-order valence-corrected chi connectivity index (χ2v) is 11.9. The van der Waals surface area contributed by atoms with Crippen LogP contribution in [0.15, 0.2) is 123 Å². The van der Waals surface area contributed by atoms with Gasteiger partial charge >= 0.3 is 0 Å². The minimum atomic E-state index is -0.168. The van der Waals surface area contributed by atoms with Crippen molar-refractivity contribution in [3.05, 3.63) is 156 Å². The maximum absolute atomic E-state index is 14.0. The zero-order valence-corrected chi connectivity index (χ0v) is 26.3. The third-order valence-electron chi connectivity index (χ3n) is 6.83. The van der Waals surface area contributed by atoms with Crippen molar-refractivity contribution in [2.75, 3.05) is 5.32 Å². The summed E-state index contributed by atoms with van der Waals surface area (Å²) in [6, 6.07) is 33.6. The molecule has 0 saturated carbocycles. The molecule has 6 aromatic rings. The molecule has 0 saturated heterocycles. The summed E-state index contributed by atoms with van der Waals surface area (Å²) in [6.45, 7) is 0. The van der Waals surface area contributed by atoms with Crippen LogP contribution in [0.2, 0.25) is 15.1 Å². The molecule has 0 fully saturated rings. The van der Waals surface area contributed by atoms with E-state index in [1.165, 1.54) is 0 Å². The lowest BCUT2D eigenvalue weighted by Gasteiger charge is -2.17. The van der Waals surface area contributed by atoms with E-state index in [0.717, 1.165) is 27.0 Å². The van der Waals surface area contributed by atoms with Gasteiger partial charge in [0.1, 0.15) is 5.82 Å². The molecule has 0 spiro atoms. The van der Waals surface area contributed by atoms with Gasteiger partial charge in [-0.2, -0.15) is 0 Å². The second kappa shape index (κ2) is 12.7. The van der Waals surface area contributed by atoms with Gasteiger partial charge in [0.2, 0.25) is 0 Å². The Morgan fingerprint density at radius 3 is 2.30 bits per heavy atom. The van der Waals surface area contributed by atoms with Crippen molar-refractivity contribution in [2.24, 2.45) is 4.99 Å². The molecule has 0 aliphatic rings. The predicted molar refractivity (Wildman–Crippen MR) is 183 cm³/mol. The number of nitrogens with zero attached hydrogens (tertiary/aromatic N) is 3. The normalized spacial score (nSPS) is 11.3. The topological polar surface area (TPSA) is 59.3 Å². The molecule has 0 aliphatic carbocycles. The van der Waals surface area contributed by atoms with Gasteiger partial charge < -0.3 is 5.32 Å². The molecule has 5 aromatic carbocycles. The van der Waals surface area contributed by atoms with Gasteiger partial charge in [0.05, 0.1) is 38.0 Å². The van der Waals surface area contributed by atoms with Crippen LogP contribution >= 0.6 is 50.7 Å². The summed E-state index contributed by atoms with van der Waals surface area (Å²) in [7, 11) is 0. The van der Waals surface area contributed by atoms with E-state index < -0.39 is 0 Å². The predicted octanol–water partition coefficient (Wildman–Crippen LogP) is 10.2. The van der Waals surface area contributed by atoms with Gasteiger partial charge in [-0.3, -0.25) is 14.4 Å². The summed E-state index contributed by atoms with van der Waals surface area (Å²) >= 11 is 22.4. The smallest absolute Gasteiger partial charge is 0.266 e. The Morgan fingerprint density at radius 2 is 1.56 bits per heavy atom. The zero-order valence-electron chi connectivity index (χ0n) is 22.4. The number of aromatic nitrogens is 2. The first-order chi connectivity index (χ1) is 20.9. The Hall–Kier alpha value is -3.94. The molecule has 1 heterocycles. The summed E-state index contributed by atoms with van der Waals surface area (Å²) in [4.78, 5) is 23.5. The van der Waals surface area contributed by atoms with Gasteiger partial charge in [0.15, 0.2) is 0 Å². The van der Waals surface area contributed by atoms with E-state index in [1.54, 1.807) is 35.0 Å². The highest BCUT2D eigenvalue weighted by Crippen LogP contribution is 2.34. The van der Waals surface area contributed by atoms with Crippen molar-refractivity contribution in [3.63, 3.8) is 0 Å². The van der Waals surface area contributed by atoms with Gasteiger partial charge in [0, 0.05) is 27.8 Å². The van der Waals surface area contributed by atoms with Crippen molar-refractivity contribution in [3.8, 4) is 5.69 Å². The number of benzene rings is 5. The molecule has 0 amide bonds. The molecule has 5 nitrogen and oxygen atoms in total. The molecule has 0 atom stereocenters. The van der Waals surface area contributed by atoms with E-state index >= 15 is 0 Å². The monoisotopic (exact) mass is 686 g/mol. The lowest BCUT2D eigenvalue weighted by Crippen LogP contribution is -2.24. The fourth-order valence-corrected chi connectivity index (χ4v) is 5.67. The van der Waals surface area contributed by atoms with E-state index in [2.05, 4.69) is 26.2 Å². The lowest BCUT2D eigenvalue weighted by molar-refractivity contribution is 0.850. The minimum Gasteiger partial charge on any atom is -0.353 e. The van der Waals surface area contributed by atoms with Gasteiger partial charge in [-0.05, 0) is 83.9 Å². The first-order valence-electron chi connectivity index (χ1n) is 13.3. The molecule has 0 radical (unpaired) electrons. The van der Waals surface area contributed by atoms with E-state index in [1.807, 2.05) is 84.9 Å². The van der Waals surface area contributed by atoms with Gasteiger partial charge in [-0.15, -0.1) is 0 Å². The minimum absolute atomic E-state index is 0.168. The van der Waals surface area contributed by atoms with Crippen LogP contribution in [0.5, 0.6) is 0 Å². The van der Waals surface area contributed by atoms with Crippen LogP contribution in [-0.4, -0.2) is 15.8 Å². The van der Waals surface area contributed by atoms with Crippen molar-refractivity contribution >= 4 is 84.9 Å². The standard InChI is InChI=1S/C34H22BrCl3N4O/c35-23-10-17-31-27(19-23)34(43)42(26-15-13-25(14-16-26)39-20-21-8-11-24(36)12-9-21)32(40-31)18-22-4-1-2-7-30(22)41-33-28(37)5-3-6-29(33)38/h1-17,19-20,41H,18H2. The summed E-state index contributed by atoms with van der Waals surface area (Å²) in [6.07, 6.45) is 2.14. The summed E-state index contributed by atoms with van der Waals surface area (Å²) < 4.78 is 2.46. The molecule has 9 heteroatoms. The van der Waals surface area contributed by atoms with E-state index in [0.29, 0.717) is 49.6 Å². The Balaban J connectivity index is 1.41. The quantitative estimate of drug-likeness (QED) is 0.170. The van der Waals surface area contributed by atoms with Crippen molar-refractivity contribution in [1.29, 1.82) is 0 Å². The Kier molecular flexibility index (Phi) is 8.63. The van der Waals surface area contributed by atoms with Crippen LogP contribution in [0, 0.1) is 0 Å². The Labute approximate surface area is 271 Å². The summed E-state index contributed by atoms with van der Waals surface area (Å²) in [5, 5.41) is 5.57. The van der Waals surface area contributed by atoms with Crippen molar-refractivity contribution in [1.82, 2.24) is 9.55 Å². The van der Waals surface area contributed by atoms with Crippen LogP contribution in [0.4, 0.5) is 17.1 Å². The van der Waals surface area contributed by atoms with E-state index in [9.17, 15) is 4.79 Å². The molecule has 212 valence electrons. The molecule has 43 heavy (non-hydrogen) atoms. The highest BCUT2D eigenvalue weighted by molar-refractivity contribution is 9.10. The van der Waals surface area contributed by atoms with Crippen molar-refractivity contribution in [2.45, 2.75) is 6.42 Å². The van der Waals surface area contributed by atoms with Crippen LogP contribution in [0.25, 0.3) is 16.6 Å². The highest BCUT2D eigenvalue weighted by atomic mass is 79.9. The van der Waals surface area contributed by atoms with Crippen LogP contribution in [0.3, 0.4) is 0 Å². The number of nitrogens with one attached hydrogen (secondary N) is 1. The molecule has 0 aliphatic heterocycles. The average molecular weight is 689 g/mol. The maximum atomic E-state index is 14.0. The van der Waals surface area contributed by atoms with E-state index in [-0.39, 0.29) is 5.56 Å². The SMILES string of the molecule is O=c1c2cc(Br)ccc2nc(Cc2ccccc2Nc2c(Cl)cccc2Cl)n1-c1ccc(N=Cc2ccc(Cl)cc2)cc1. The molecular weight excluding hydrogens is 667 g/mol. The zero-order chi connectivity index (χ0) is 29.9. The fraction of sp³-hybridized carbons (Fsp3) is 0.0294. The number of rotatable bonds is 7. The Bertz CT molecular complexity index is 2020. The van der Waals surface area contributed by atoms with Crippen LogP contribution in [0.1, 0.15) is 17.0 Å². The second-order valence-electron chi connectivity index (χ2n) is 9.71. The molecule has 0 unspecified atom stereocenters. The van der Waals surface area contributed by atoms with Gasteiger partial charge in [-0.25, -0.2) is 4.98 Å². The van der Waals surface area contributed by atoms with Crippen LogP contribution in [-0.2, 0) is 6.42 Å². The third kappa shape index (κ3) is 6.53. The number of hydrogen-bond donors (Lipinski definition) is 1. The number of anilines is 2. The largest absolute Gasteiger partial charge is 0.353 e. The molecule has 1 N–H and O–H groups in total. The van der Waals surface area contributed by atoms with E-state index in [4.69, 9.17) is 39.8 Å². The Morgan fingerprint density at radius 1 is 0.837 bits per heavy atom. The highest BCUT2D eigenvalue weighted by Gasteiger charge is 2.16. The molecule has 1 aromatic heterocycles. The number of fused-ring (bicyclic) bond motifs is 1. The van der Waals surface area contributed by atoms with Gasteiger partial charge in [-0.1, -0.05) is 87.1 Å². The maximum Gasteiger partial charge on any atom is 0.266 e. The third-order valence-corrected chi connectivity index (χ3v) is 8.20. The molecular formula is C34H22BrCl3N4O. The summed E-state index contributed by atoms with van der Waals surface area (Å²) in [5.74, 6) is 0.580. The first kappa shape index (κ1) is 29.1. The number of aliphatic imine (C=N–C) groups is 1. The molecule has 6 rings (SSSR count). The number of halogens is 4. The number of para-hydroxylation sites is 2. The van der Waals surface area contributed by atoms with Crippen LogP contribution < -0.4 is 10.9 Å². The lowest BCUT2D eigenvalue weighted by atomic mass is 10.1. The number of hydrogen-bond acceptors (Lipinski definition) is 4. The average Bonchev–Trinajstić information content (AvgIpc) is 3.01. The van der Waals surface area contributed by atoms with Crippen molar-refractivity contribution < 1.29 is 0 Å².